The number of anilines is 1. The molecule has 2 bridgehead atoms. The number of aromatic nitrogens is 4. The predicted octanol–water partition coefficient (Wildman–Crippen LogP) is 3.00. The first-order valence-electron chi connectivity index (χ1n) is 10.3. The first-order valence-corrected chi connectivity index (χ1v) is 10.3. The molecular formula is C21H30N6O2. The highest BCUT2D eigenvalue weighted by molar-refractivity contribution is 5.70. The summed E-state index contributed by atoms with van der Waals surface area (Å²) in [5, 5.41) is 7.30. The van der Waals surface area contributed by atoms with E-state index in [9.17, 15) is 4.79 Å². The van der Waals surface area contributed by atoms with Gasteiger partial charge >= 0.3 is 6.09 Å². The van der Waals surface area contributed by atoms with Crippen LogP contribution in [0, 0.1) is 13.8 Å². The standard InChI is InChI=1S/C21H30N6O2/c1-13-8-15(10-16-9-14(2)24-25-16)23-19(22-13)26-11-17-6-7-18(12-26)27(17)20(28)29-21(3,4)5/h8-9,17-18H,6-7,10-12H2,1-5H3,(H,24,25). The van der Waals surface area contributed by atoms with Gasteiger partial charge in [-0.1, -0.05) is 0 Å². The normalized spacial score (nSPS) is 21.6. The molecule has 0 aliphatic carbocycles. The van der Waals surface area contributed by atoms with Crippen LogP contribution in [0.5, 0.6) is 0 Å². The van der Waals surface area contributed by atoms with E-state index in [1.165, 1.54) is 0 Å². The van der Waals surface area contributed by atoms with Crippen LogP contribution >= 0.6 is 0 Å². The predicted molar refractivity (Wildman–Crippen MR) is 110 cm³/mol. The molecule has 2 aromatic heterocycles. The van der Waals surface area contributed by atoms with Crippen LogP contribution in [0.3, 0.4) is 0 Å². The van der Waals surface area contributed by atoms with E-state index in [4.69, 9.17) is 9.72 Å². The maximum absolute atomic E-state index is 12.7. The minimum atomic E-state index is -0.479. The van der Waals surface area contributed by atoms with Gasteiger partial charge in [-0.2, -0.15) is 5.10 Å². The van der Waals surface area contributed by atoms with E-state index in [0.29, 0.717) is 6.42 Å². The second-order valence-electron chi connectivity index (χ2n) is 9.20. The topological polar surface area (TPSA) is 87.2 Å². The van der Waals surface area contributed by atoms with Crippen molar-refractivity contribution in [3.05, 3.63) is 34.9 Å². The molecule has 2 aliphatic heterocycles. The molecule has 0 radical (unpaired) electrons. The highest BCUT2D eigenvalue weighted by atomic mass is 16.6. The molecule has 0 spiro atoms. The Hall–Kier alpha value is -2.64. The lowest BCUT2D eigenvalue weighted by molar-refractivity contribution is 0.0122. The van der Waals surface area contributed by atoms with Crippen molar-refractivity contribution in [3.8, 4) is 0 Å². The number of H-pyrrole nitrogens is 1. The molecule has 2 atom stereocenters. The summed E-state index contributed by atoms with van der Waals surface area (Å²) in [5.41, 5.74) is 3.44. The van der Waals surface area contributed by atoms with Crippen molar-refractivity contribution < 1.29 is 9.53 Å². The van der Waals surface area contributed by atoms with E-state index in [0.717, 1.165) is 54.7 Å². The van der Waals surface area contributed by atoms with E-state index in [1.807, 2.05) is 51.7 Å². The third-order valence-electron chi connectivity index (χ3n) is 5.39. The van der Waals surface area contributed by atoms with Crippen molar-refractivity contribution in [2.75, 3.05) is 18.0 Å². The van der Waals surface area contributed by atoms with Gasteiger partial charge in [0.2, 0.25) is 5.95 Å². The molecule has 1 N–H and O–H groups in total. The number of nitrogens with zero attached hydrogens (tertiary/aromatic N) is 5. The van der Waals surface area contributed by atoms with Gasteiger partial charge in [-0.3, -0.25) is 10.00 Å². The van der Waals surface area contributed by atoms with Gasteiger partial charge < -0.3 is 9.64 Å². The average molecular weight is 399 g/mol. The second-order valence-corrected chi connectivity index (χ2v) is 9.20. The molecular weight excluding hydrogens is 368 g/mol. The van der Waals surface area contributed by atoms with Crippen LogP contribution in [0.4, 0.5) is 10.7 Å². The second kappa shape index (κ2) is 7.31. The Balaban J connectivity index is 1.50. The number of fused-ring (bicyclic) bond motifs is 2. The van der Waals surface area contributed by atoms with Crippen molar-refractivity contribution >= 4 is 12.0 Å². The number of piperazine rings is 1. The van der Waals surface area contributed by atoms with Gasteiger partial charge in [-0.25, -0.2) is 14.8 Å². The maximum Gasteiger partial charge on any atom is 0.410 e. The van der Waals surface area contributed by atoms with Gasteiger partial charge in [0.15, 0.2) is 0 Å². The Bertz CT molecular complexity index is 889. The lowest BCUT2D eigenvalue weighted by Gasteiger charge is -2.41. The number of nitrogens with one attached hydrogen (secondary N) is 1. The summed E-state index contributed by atoms with van der Waals surface area (Å²) in [5.74, 6) is 0.744. The minimum Gasteiger partial charge on any atom is -0.444 e. The highest BCUT2D eigenvalue weighted by Crippen LogP contribution is 2.33. The van der Waals surface area contributed by atoms with Crippen LogP contribution in [0.15, 0.2) is 12.1 Å². The molecule has 4 heterocycles. The fourth-order valence-electron chi connectivity index (χ4n) is 4.28. The van der Waals surface area contributed by atoms with Crippen LogP contribution in [-0.4, -0.2) is 61.9 Å². The molecule has 156 valence electrons. The van der Waals surface area contributed by atoms with Gasteiger partial charge in [0.05, 0.1) is 23.5 Å². The summed E-state index contributed by atoms with van der Waals surface area (Å²) in [6, 6.07) is 4.34. The number of ether oxygens (including phenoxy) is 1. The fraction of sp³-hybridized carbons (Fsp3) is 0.619. The first kappa shape index (κ1) is 19.7. The summed E-state index contributed by atoms with van der Waals surface area (Å²) in [6.45, 7) is 11.2. The summed E-state index contributed by atoms with van der Waals surface area (Å²) in [7, 11) is 0. The number of amides is 1. The molecule has 8 nitrogen and oxygen atoms in total. The molecule has 29 heavy (non-hydrogen) atoms. The molecule has 4 rings (SSSR count). The van der Waals surface area contributed by atoms with E-state index in [-0.39, 0.29) is 18.2 Å². The van der Waals surface area contributed by atoms with Crippen molar-refractivity contribution in [2.24, 2.45) is 0 Å². The number of hydrogen-bond acceptors (Lipinski definition) is 6. The minimum absolute atomic E-state index is 0.144. The summed E-state index contributed by atoms with van der Waals surface area (Å²) < 4.78 is 5.63. The van der Waals surface area contributed by atoms with Crippen molar-refractivity contribution in [3.63, 3.8) is 0 Å². The lowest BCUT2D eigenvalue weighted by Crippen LogP contribution is -2.57. The summed E-state index contributed by atoms with van der Waals surface area (Å²) in [6.07, 6.45) is 2.45. The summed E-state index contributed by atoms with van der Waals surface area (Å²) in [4.78, 5) is 26.3. The van der Waals surface area contributed by atoms with E-state index in [2.05, 4.69) is 20.1 Å². The molecule has 2 aliphatic rings. The quantitative estimate of drug-likeness (QED) is 0.855. The molecule has 2 saturated heterocycles. The zero-order chi connectivity index (χ0) is 20.8. The number of aryl methyl sites for hydroxylation is 2. The Morgan fingerprint density at radius 1 is 1.14 bits per heavy atom. The molecule has 2 unspecified atom stereocenters. The van der Waals surface area contributed by atoms with Crippen LogP contribution in [0.25, 0.3) is 0 Å². The Labute approximate surface area is 171 Å². The number of aromatic amines is 1. The van der Waals surface area contributed by atoms with Gasteiger partial charge in [0.1, 0.15) is 5.60 Å². The highest BCUT2D eigenvalue weighted by Gasteiger charge is 2.44. The fourth-order valence-corrected chi connectivity index (χ4v) is 4.28. The van der Waals surface area contributed by atoms with Gasteiger partial charge in [-0.15, -0.1) is 0 Å². The van der Waals surface area contributed by atoms with Crippen LogP contribution in [-0.2, 0) is 11.2 Å². The summed E-state index contributed by atoms with van der Waals surface area (Å²) >= 11 is 0. The molecule has 2 fully saturated rings. The third kappa shape index (κ3) is 4.36. The Morgan fingerprint density at radius 3 is 2.41 bits per heavy atom. The van der Waals surface area contributed by atoms with E-state index < -0.39 is 5.60 Å². The van der Waals surface area contributed by atoms with Crippen molar-refractivity contribution in [2.45, 2.75) is 71.6 Å². The van der Waals surface area contributed by atoms with Crippen LogP contribution in [0.2, 0.25) is 0 Å². The molecule has 0 aromatic carbocycles. The largest absolute Gasteiger partial charge is 0.444 e. The van der Waals surface area contributed by atoms with E-state index >= 15 is 0 Å². The third-order valence-corrected chi connectivity index (χ3v) is 5.39. The SMILES string of the molecule is Cc1cc(Cc2cc(C)[nH]n2)nc(N2CC3CCC(C2)N3C(=O)OC(C)(C)C)n1. The zero-order valence-corrected chi connectivity index (χ0v) is 17.9. The van der Waals surface area contributed by atoms with Crippen molar-refractivity contribution in [1.82, 2.24) is 25.1 Å². The number of carbonyl (C=O) groups is 1. The van der Waals surface area contributed by atoms with Crippen LogP contribution in [0.1, 0.15) is 56.4 Å². The van der Waals surface area contributed by atoms with Gasteiger partial charge in [0.25, 0.3) is 0 Å². The molecule has 2 aromatic rings. The first-order chi connectivity index (χ1) is 13.7. The Morgan fingerprint density at radius 2 is 1.83 bits per heavy atom. The van der Waals surface area contributed by atoms with E-state index in [1.54, 1.807) is 0 Å². The molecule has 8 heteroatoms. The molecule has 0 saturated carbocycles. The number of carbonyl (C=O) groups excluding carboxylic acids is 1. The van der Waals surface area contributed by atoms with Crippen molar-refractivity contribution in [1.29, 1.82) is 0 Å². The number of rotatable bonds is 3. The van der Waals surface area contributed by atoms with Crippen LogP contribution < -0.4 is 4.90 Å². The zero-order valence-electron chi connectivity index (χ0n) is 17.9. The Kier molecular flexibility index (Phi) is 4.96. The lowest BCUT2D eigenvalue weighted by atomic mass is 10.2. The average Bonchev–Trinajstić information content (AvgIpc) is 3.13. The maximum atomic E-state index is 12.7. The molecule has 1 amide bonds. The van der Waals surface area contributed by atoms with Gasteiger partial charge in [0, 0.05) is 30.9 Å². The van der Waals surface area contributed by atoms with Gasteiger partial charge in [-0.05, 0) is 59.6 Å². The smallest absolute Gasteiger partial charge is 0.410 e. The monoisotopic (exact) mass is 398 g/mol. The number of hydrogen-bond donors (Lipinski definition) is 1.